The van der Waals surface area contributed by atoms with E-state index in [2.05, 4.69) is 4.99 Å². The number of benzene rings is 2. The van der Waals surface area contributed by atoms with Crippen LogP contribution in [-0.2, 0) is 17.5 Å². The van der Waals surface area contributed by atoms with Crippen molar-refractivity contribution in [1.82, 2.24) is 0 Å². The lowest BCUT2D eigenvalue weighted by Crippen LogP contribution is -2.21. The number of ether oxygens (including phenoxy) is 2. The molecule has 2 atom stereocenters. The largest absolute Gasteiger partial charge is 0.493 e. The quantitative estimate of drug-likeness (QED) is 0.319. The van der Waals surface area contributed by atoms with Gasteiger partial charge < -0.3 is 14.6 Å². The number of halogens is 6. The van der Waals surface area contributed by atoms with Crippen molar-refractivity contribution < 1.29 is 40.9 Å². The summed E-state index contributed by atoms with van der Waals surface area (Å²) in [7, 11) is 0. The van der Waals surface area contributed by atoms with Crippen LogP contribution in [-0.4, -0.2) is 23.2 Å². The second-order valence-corrected chi connectivity index (χ2v) is 11.5. The summed E-state index contributed by atoms with van der Waals surface area (Å²) < 4.78 is 96.4. The molecule has 1 heterocycles. The summed E-state index contributed by atoms with van der Waals surface area (Å²) >= 11 is 0. The number of rotatable bonds is 8. The molecule has 2 aliphatic carbocycles. The smallest absolute Gasteiger partial charge is 0.417 e. The van der Waals surface area contributed by atoms with E-state index in [-0.39, 0.29) is 30.2 Å². The van der Waals surface area contributed by atoms with Crippen molar-refractivity contribution in [2.24, 2.45) is 16.8 Å². The number of fused-ring (bicyclic) bond motifs is 5. The van der Waals surface area contributed by atoms with Crippen molar-refractivity contribution in [3.8, 4) is 16.9 Å². The molecular weight excluding hydrogens is 548 g/mol. The molecular formula is C31H31F6NO3. The molecule has 0 aromatic heterocycles. The monoisotopic (exact) mass is 579 g/mol. The van der Waals surface area contributed by atoms with Gasteiger partial charge in [-0.2, -0.15) is 13.2 Å². The SMILES string of the molecule is CC(C)(O)CCOc1ccc(-c2cc(COC3=N/C=C4\CCC(=C3)C[C@H]3C[C@@H]43)c(F)cc2C(F)(F)F)c(C(F)F)c1. The summed E-state index contributed by atoms with van der Waals surface area (Å²) in [6.45, 7) is 2.70. The molecule has 1 aliphatic heterocycles. The Labute approximate surface area is 234 Å². The number of hydrogen-bond donors (Lipinski definition) is 1. The Bertz CT molecular complexity index is 1400. The highest BCUT2D eigenvalue weighted by atomic mass is 19.4. The Morgan fingerprint density at radius 1 is 1.05 bits per heavy atom. The summed E-state index contributed by atoms with van der Waals surface area (Å²) in [6, 6.07) is 4.58. The predicted molar refractivity (Wildman–Crippen MR) is 142 cm³/mol. The fraction of sp³-hybridized carbons (Fsp3) is 0.452. The van der Waals surface area contributed by atoms with Gasteiger partial charge in [0.2, 0.25) is 5.90 Å². The Morgan fingerprint density at radius 3 is 2.54 bits per heavy atom. The van der Waals surface area contributed by atoms with Crippen LogP contribution in [0, 0.1) is 17.7 Å². The Balaban J connectivity index is 1.45. The lowest BCUT2D eigenvalue weighted by molar-refractivity contribution is -0.137. The lowest BCUT2D eigenvalue weighted by atomic mass is 9.93. The van der Waals surface area contributed by atoms with Crippen molar-refractivity contribution in [3.63, 3.8) is 0 Å². The molecule has 0 amide bonds. The first-order valence-electron chi connectivity index (χ1n) is 13.5. The third kappa shape index (κ3) is 6.97. The highest BCUT2D eigenvalue weighted by Gasteiger charge is 2.42. The van der Waals surface area contributed by atoms with E-state index in [1.54, 1.807) is 20.0 Å². The van der Waals surface area contributed by atoms with Crippen LogP contribution in [0.5, 0.6) is 5.75 Å². The molecule has 4 nitrogen and oxygen atoms in total. The van der Waals surface area contributed by atoms with E-state index in [1.165, 1.54) is 17.2 Å². The van der Waals surface area contributed by atoms with Gasteiger partial charge in [0.05, 0.1) is 17.8 Å². The molecule has 1 N–H and O–H groups in total. The van der Waals surface area contributed by atoms with Gasteiger partial charge >= 0.3 is 6.18 Å². The number of nitrogens with zero attached hydrogens (tertiary/aromatic N) is 1. The van der Waals surface area contributed by atoms with Crippen molar-refractivity contribution >= 4 is 5.90 Å². The maximum absolute atomic E-state index is 15.0. The molecule has 220 valence electrons. The average molecular weight is 580 g/mol. The van der Waals surface area contributed by atoms with Crippen LogP contribution in [0.1, 0.15) is 69.1 Å². The standard InChI is InChI=1S/C31H31F6NO3/c1-30(2,39)7-8-40-21-5-6-22(25(13-21)29(33)34)24-12-20(27(32)14-26(24)31(35,36)37)16-41-28-10-17-3-4-18(15-38-28)23-11-19(23)9-17/h5-6,10,12-15,19,23,29,39H,3-4,7-9,11,16H2,1-2H3/b17-10?,18-15+,38-28?/t19-,23-/m0/s1. The minimum atomic E-state index is -5.00. The van der Waals surface area contributed by atoms with Gasteiger partial charge in [-0.3, -0.25) is 0 Å². The molecule has 41 heavy (non-hydrogen) atoms. The van der Waals surface area contributed by atoms with E-state index in [1.807, 2.05) is 6.08 Å². The molecule has 0 saturated heterocycles. The molecule has 5 rings (SSSR count). The lowest BCUT2D eigenvalue weighted by Gasteiger charge is -2.20. The minimum Gasteiger partial charge on any atom is -0.493 e. The van der Waals surface area contributed by atoms with E-state index >= 15 is 0 Å². The Kier molecular flexibility index (Phi) is 7.98. The zero-order valence-electron chi connectivity index (χ0n) is 22.7. The number of allylic oxidation sites excluding steroid dienone is 2. The van der Waals surface area contributed by atoms with Crippen LogP contribution < -0.4 is 4.74 Å². The zero-order valence-corrected chi connectivity index (χ0v) is 22.7. The topological polar surface area (TPSA) is 51.0 Å². The van der Waals surface area contributed by atoms with E-state index < -0.39 is 52.9 Å². The first-order valence-corrected chi connectivity index (χ1v) is 13.5. The highest BCUT2D eigenvalue weighted by Crippen LogP contribution is 2.52. The van der Waals surface area contributed by atoms with Crippen LogP contribution in [0.15, 0.2) is 58.7 Å². The normalized spacial score (nSPS) is 21.7. The molecule has 0 unspecified atom stereocenters. The second kappa shape index (κ2) is 11.2. The fourth-order valence-corrected chi connectivity index (χ4v) is 5.40. The average Bonchev–Trinajstić information content (AvgIpc) is 3.63. The van der Waals surface area contributed by atoms with Crippen LogP contribution >= 0.6 is 0 Å². The number of hydrogen-bond acceptors (Lipinski definition) is 4. The first kappa shape index (κ1) is 29.2. The highest BCUT2D eigenvalue weighted by molar-refractivity contribution is 5.89. The molecule has 2 fully saturated rings. The van der Waals surface area contributed by atoms with Gasteiger partial charge in [0.1, 0.15) is 18.2 Å². The maximum atomic E-state index is 15.0. The van der Waals surface area contributed by atoms with Gasteiger partial charge in [-0.15, -0.1) is 0 Å². The van der Waals surface area contributed by atoms with Gasteiger partial charge in [-0.1, -0.05) is 11.6 Å². The van der Waals surface area contributed by atoms with E-state index in [4.69, 9.17) is 9.47 Å². The molecule has 0 radical (unpaired) electrons. The van der Waals surface area contributed by atoms with Crippen LogP contribution in [0.3, 0.4) is 0 Å². The molecule has 3 aliphatic rings. The zero-order chi connectivity index (χ0) is 29.5. The number of aliphatic imine (C=N–C) groups is 1. The summed E-state index contributed by atoms with van der Waals surface area (Å²) in [5.41, 5.74) is -1.92. The molecule has 2 bridgehead atoms. The van der Waals surface area contributed by atoms with Crippen LogP contribution in [0.25, 0.3) is 11.1 Å². The van der Waals surface area contributed by atoms with Crippen molar-refractivity contribution in [3.05, 3.63) is 76.3 Å². The van der Waals surface area contributed by atoms with Crippen molar-refractivity contribution in [1.29, 1.82) is 0 Å². The predicted octanol–water partition coefficient (Wildman–Crippen LogP) is 8.55. The van der Waals surface area contributed by atoms with Gasteiger partial charge in [-0.05, 0) is 98.4 Å². The third-order valence-electron chi connectivity index (χ3n) is 7.74. The first-order chi connectivity index (χ1) is 19.3. The number of aliphatic hydroxyl groups is 1. The summed E-state index contributed by atoms with van der Waals surface area (Å²) in [4.78, 5) is 4.40. The molecule has 2 aromatic rings. The van der Waals surface area contributed by atoms with Crippen LogP contribution in [0.2, 0.25) is 0 Å². The van der Waals surface area contributed by atoms with Crippen LogP contribution in [0.4, 0.5) is 26.3 Å². The van der Waals surface area contributed by atoms with E-state index in [0.29, 0.717) is 17.9 Å². The Hall–Kier alpha value is -3.27. The summed E-state index contributed by atoms with van der Waals surface area (Å²) in [6.07, 6.45) is -0.489. The molecule has 0 spiro atoms. The summed E-state index contributed by atoms with van der Waals surface area (Å²) in [5.74, 6) is 0.215. The molecule has 2 saturated carbocycles. The Morgan fingerprint density at radius 2 is 1.83 bits per heavy atom. The summed E-state index contributed by atoms with van der Waals surface area (Å²) in [5, 5.41) is 9.83. The van der Waals surface area contributed by atoms with Gasteiger partial charge in [-0.25, -0.2) is 18.2 Å². The van der Waals surface area contributed by atoms with Crippen molar-refractivity contribution in [2.45, 2.75) is 70.8 Å². The van der Waals surface area contributed by atoms with Gasteiger partial charge in [0.15, 0.2) is 0 Å². The van der Waals surface area contributed by atoms with E-state index in [9.17, 15) is 31.4 Å². The van der Waals surface area contributed by atoms with Crippen molar-refractivity contribution in [2.75, 3.05) is 6.61 Å². The van der Waals surface area contributed by atoms with Gasteiger partial charge in [0, 0.05) is 23.7 Å². The van der Waals surface area contributed by atoms with Gasteiger partial charge in [0.25, 0.3) is 6.43 Å². The molecule has 10 heteroatoms. The minimum absolute atomic E-state index is 0.00933. The fourth-order valence-electron chi connectivity index (χ4n) is 5.40. The second-order valence-electron chi connectivity index (χ2n) is 11.5. The van der Waals surface area contributed by atoms with E-state index in [0.717, 1.165) is 43.9 Å². The third-order valence-corrected chi connectivity index (χ3v) is 7.74. The molecule has 2 aromatic carbocycles. The number of alkyl halides is 5. The maximum Gasteiger partial charge on any atom is 0.417 e.